The van der Waals surface area contributed by atoms with Crippen LogP contribution in [0.2, 0.25) is 0 Å². The quantitative estimate of drug-likeness (QED) is 0.858. The van der Waals surface area contributed by atoms with Gasteiger partial charge in [0.05, 0.1) is 13.4 Å². The largest absolute Gasteiger partial charge is 0.493 e. The first-order chi connectivity index (χ1) is 7.76. The Kier molecular flexibility index (Phi) is 3.15. The number of fused-ring (bicyclic) bond motifs is 1. The van der Waals surface area contributed by atoms with E-state index < -0.39 is 0 Å². The lowest BCUT2D eigenvalue weighted by Gasteiger charge is -2.03. The van der Waals surface area contributed by atoms with Gasteiger partial charge in [-0.05, 0) is 50.2 Å². The number of furan rings is 1. The summed E-state index contributed by atoms with van der Waals surface area (Å²) in [7, 11) is 3.62. The molecule has 0 radical (unpaired) electrons. The van der Waals surface area contributed by atoms with Crippen LogP contribution in [0.5, 0.6) is 5.75 Å². The van der Waals surface area contributed by atoms with Crippen molar-refractivity contribution in [1.29, 1.82) is 0 Å². The molecule has 0 aliphatic heterocycles. The third-order valence-corrected chi connectivity index (χ3v) is 2.73. The first-order valence-electron chi connectivity index (χ1n) is 5.45. The van der Waals surface area contributed by atoms with Crippen molar-refractivity contribution in [2.45, 2.75) is 13.3 Å². The first kappa shape index (κ1) is 11.0. The molecule has 0 aliphatic rings. The lowest BCUT2D eigenvalue weighted by atomic mass is 10.1. The Morgan fingerprint density at radius 2 is 2.19 bits per heavy atom. The lowest BCUT2D eigenvalue weighted by Crippen LogP contribution is -2.09. The van der Waals surface area contributed by atoms with Crippen LogP contribution in [-0.2, 0) is 6.42 Å². The van der Waals surface area contributed by atoms with Gasteiger partial charge in [-0.2, -0.15) is 0 Å². The van der Waals surface area contributed by atoms with Crippen LogP contribution in [0, 0.1) is 6.92 Å². The highest BCUT2D eigenvalue weighted by molar-refractivity contribution is 5.87. The van der Waals surface area contributed by atoms with E-state index in [4.69, 9.17) is 9.15 Å². The van der Waals surface area contributed by atoms with Crippen molar-refractivity contribution in [2.75, 3.05) is 20.7 Å². The number of hydrogen-bond donors (Lipinski definition) is 1. The molecule has 0 saturated heterocycles. The Morgan fingerprint density at radius 1 is 1.38 bits per heavy atom. The van der Waals surface area contributed by atoms with Gasteiger partial charge in [0.25, 0.3) is 0 Å². The van der Waals surface area contributed by atoms with E-state index >= 15 is 0 Å². The van der Waals surface area contributed by atoms with Crippen LogP contribution >= 0.6 is 0 Å². The summed E-state index contributed by atoms with van der Waals surface area (Å²) in [6.45, 7) is 3.02. The predicted molar refractivity (Wildman–Crippen MR) is 65.1 cm³/mol. The Bertz CT molecular complexity index is 488. The molecule has 1 aromatic heterocycles. The summed E-state index contributed by atoms with van der Waals surface area (Å²) in [4.78, 5) is 0. The Morgan fingerprint density at radius 3 is 2.88 bits per heavy atom. The smallest absolute Gasteiger partial charge is 0.175 e. The molecule has 0 saturated carbocycles. The van der Waals surface area contributed by atoms with Crippen molar-refractivity contribution in [3.63, 3.8) is 0 Å². The highest BCUT2D eigenvalue weighted by Gasteiger charge is 2.10. The number of benzene rings is 1. The van der Waals surface area contributed by atoms with E-state index in [2.05, 4.69) is 18.3 Å². The Hall–Kier alpha value is -1.48. The third kappa shape index (κ3) is 1.91. The second-order valence-corrected chi connectivity index (χ2v) is 3.96. The minimum Gasteiger partial charge on any atom is -0.493 e. The van der Waals surface area contributed by atoms with Crippen molar-refractivity contribution >= 4 is 11.0 Å². The molecule has 86 valence electrons. The minimum atomic E-state index is 0.811. The Balaban J connectivity index is 2.49. The molecule has 2 aromatic rings. The molecule has 0 spiro atoms. The first-order valence-corrected chi connectivity index (χ1v) is 5.45. The summed E-state index contributed by atoms with van der Waals surface area (Å²) in [6, 6.07) is 4.14. The van der Waals surface area contributed by atoms with Crippen molar-refractivity contribution in [2.24, 2.45) is 0 Å². The lowest BCUT2D eigenvalue weighted by molar-refractivity contribution is 0.410. The van der Waals surface area contributed by atoms with Gasteiger partial charge in [0, 0.05) is 5.39 Å². The average molecular weight is 219 g/mol. The van der Waals surface area contributed by atoms with Crippen molar-refractivity contribution in [3.8, 4) is 5.75 Å². The summed E-state index contributed by atoms with van der Waals surface area (Å²) in [5, 5.41) is 4.30. The standard InChI is InChI=1S/C13H17NO2/c1-9-6-11-10(4-5-14-2)8-16-13(11)12(7-9)15-3/h6-8,14H,4-5H2,1-3H3. The summed E-state index contributed by atoms with van der Waals surface area (Å²) in [5.74, 6) is 0.811. The highest BCUT2D eigenvalue weighted by atomic mass is 16.5. The summed E-state index contributed by atoms with van der Waals surface area (Å²) < 4.78 is 10.9. The van der Waals surface area contributed by atoms with Gasteiger partial charge < -0.3 is 14.5 Å². The minimum absolute atomic E-state index is 0.811. The van der Waals surface area contributed by atoms with E-state index in [1.165, 1.54) is 11.1 Å². The zero-order valence-corrected chi connectivity index (χ0v) is 9.96. The second kappa shape index (κ2) is 4.58. The van der Waals surface area contributed by atoms with Gasteiger partial charge in [0.1, 0.15) is 0 Å². The molecule has 3 nitrogen and oxygen atoms in total. The fraction of sp³-hybridized carbons (Fsp3) is 0.385. The molecule has 16 heavy (non-hydrogen) atoms. The van der Waals surface area contributed by atoms with Crippen LogP contribution < -0.4 is 10.1 Å². The molecular formula is C13H17NO2. The zero-order chi connectivity index (χ0) is 11.5. The van der Waals surface area contributed by atoms with Gasteiger partial charge in [0.2, 0.25) is 0 Å². The summed E-state index contributed by atoms with van der Waals surface area (Å²) >= 11 is 0. The summed E-state index contributed by atoms with van der Waals surface area (Å²) in [6.07, 6.45) is 2.79. The zero-order valence-electron chi connectivity index (χ0n) is 9.96. The topological polar surface area (TPSA) is 34.4 Å². The van der Waals surface area contributed by atoms with Crippen LogP contribution in [0.3, 0.4) is 0 Å². The molecule has 2 rings (SSSR count). The molecule has 1 N–H and O–H groups in total. The van der Waals surface area contributed by atoms with E-state index in [1.807, 2.05) is 19.4 Å². The fourth-order valence-electron chi connectivity index (χ4n) is 1.90. The van der Waals surface area contributed by atoms with Crippen molar-refractivity contribution in [3.05, 3.63) is 29.5 Å². The van der Waals surface area contributed by atoms with Gasteiger partial charge in [-0.15, -0.1) is 0 Å². The van der Waals surface area contributed by atoms with E-state index in [0.29, 0.717) is 0 Å². The summed E-state index contributed by atoms with van der Waals surface area (Å²) in [5.41, 5.74) is 3.27. The third-order valence-electron chi connectivity index (χ3n) is 2.73. The second-order valence-electron chi connectivity index (χ2n) is 3.96. The average Bonchev–Trinajstić information content (AvgIpc) is 2.68. The molecule has 0 bridgehead atoms. The SMILES string of the molecule is CNCCc1coc2c(OC)cc(C)cc12. The monoisotopic (exact) mass is 219 g/mol. The predicted octanol–water partition coefficient (Wildman–Crippen LogP) is 2.51. The van der Waals surface area contributed by atoms with E-state index in [-0.39, 0.29) is 0 Å². The maximum Gasteiger partial charge on any atom is 0.175 e. The van der Waals surface area contributed by atoms with Gasteiger partial charge in [0.15, 0.2) is 11.3 Å². The van der Waals surface area contributed by atoms with E-state index in [1.54, 1.807) is 7.11 Å². The fourth-order valence-corrected chi connectivity index (χ4v) is 1.90. The number of ether oxygens (including phenoxy) is 1. The van der Waals surface area contributed by atoms with Crippen LogP contribution in [0.15, 0.2) is 22.8 Å². The van der Waals surface area contributed by atoms with Crippen molar-refractivity contribution < 1.29 is 9.15 Å². The molecular weight excluding hydrogens is 202 g/mol. The maximum atomic E-state index is 5.57. The van der Waals surface area contributed by atoms with E-state index in [9.17, 15) is 0 Å². The molecule has 0 unspecified atom stereocenters. The van der Waals surface area contributed by atoms with Crippen LogP contribution in [-0.4, -0.2) is 20.7 Å². The number of aryl methyl sites for hydroxylation is 1. The molecule has 0 fully saturated rings. The molecule has 3 heteroatoms. The van der Waals surface area contributed by atoms with Gasteiger partial charge in [-0.25, -0.2) is 0 Å². The number of methoxy groups -OCH3 is 1. The number of nitrogens with one attached hydrogen (secondary N) is 1. The van der Waals surface area contributed by atoms with Crippen LogP contribution in [0.25, 0.3) is 11.0 Å². The number of likely N-dealkylation sites (N-methyl/N-ethyl adjacent to an activating group) is 1. The molecule has 0 atom stereocenters. The molecule has 0 aliphatic carbocycles. The molecule has 1 aromatic carbocycles. The van der Waals surface area contributed by atoms with Gasteiger partial charge in [-0.1, -0.05) is 0 Å². The van der Waals surface area contributed by atoms with E-state index in [0.717, 1.165) is 29.7 Å². The number of hydrogen-bond acceptors (Lipinski definition) is 3. The highest BCUT2D eigenvalue weighted by Crippen LogP contribution is 2.31. The van der Waals surface area contributed by atoms with Gasteiger partial charge >= 0.3 is 0 Å². The Labute approximate surface area is 95.4 Å². The molecule has 0 amide bonds. The maximum absolute atomic E-state index is 5.57. The van der Waals surface area contributed by atoms with Crippen LogP contribution in [0.4, 0.5) is 0 Å². The molecule has 1 heterocycles. The van der Waals surface area contributed by atoms with Crippen LogP contribution in [0.1, 0.15) is 11.1 Å². The number of rotatable bonds is 4. The van der Waals surface area contributed by atoms with Crippen molar-refractivity contribution in [1.82, 2.24) is 5.32 Å². The normalized spacial score (nSPS) is 10.9. The van der Waals surface area contributed by atoms with Gasteiger partial charge in [-0.3, -0.25) is 0 Å².